The quantitative estimate of drug-likeness (QED) is 0.400. The second kappa shape index (κ2) is 7.84. The van der Waals surface area contributed by atoms with Crippen LogP contribution in [-0.4, -0.2) is 37.4 Å². The molecule has 3 aromatic heterocycles. The number of hydrogen-bond donors (Lipinski definition) is 2. The van der Waals surface area contributed by atoms with E-state index in [1.807, 2.05) is 28.7 Å². The number of carbonyl (C=O) groups is 1. The summed E-state index contributed by atoms with van der Waals surface area (Å²) in [7, 11) is 1.61. The van der Waals surface area contributed by atoms with Crippen molar-refractivity contribution < 1.29 is 13.9 Å². The summed E-state index contributed by atoms with van der Waals surface area (Å²) in [5, 5.41) is 2.82. The zero-order valence-electron chi connectivity index (χ0n) is 19.4. The lowest BCUT2D eigenvalue weighted by atomic mass is 9.78. The zero-order chi connectivity index (χ0) is 25.0. The molecule has 1 amide bonds. The average molecular weight is 481 g/mol. The van der Waals surface area contributed by atoms with Crippen LogP contribution in [0.15, 0.2) is 67.1 Å². The third-order valence-electron chi connectivity index (χ3n) is 6.51. The minimum Gasteiger partial charge on any atom is -0.497 e. The van der Waals surface area contributed by atoms with Crippen molar-refractivity contribution in [2.24, 2.45) is 0 Å². The molecule has 0 fully saturated rings. The van der Waals surface area contributed by atoms with Crippen LogP contribution in [0.25, 0.3) is 28.4 Å². The SMILES string of the molecule is COc1ccc(-c2nc(-c3nc(N)c4c(n3)NC(=O)C4(C)c3ccc(F)cc3)cn3ccnc23)cc1. The van der Waals surface area contributed by atoms with Crippen molar-refractivity contribution in [3.63, 3.8) is 0 Å². The normalized spacial score (nSPS) is 16.7. The van der Waals surface area contributed by atoms with Crippen LogP contribution in [0, 0.1) is 5.82 Å². The second-order valence-corrected chi connectivity index (χ2v) is 8.60. The van der Waals surface area contributed by atoms with Crippen molar-refractivity contribution in [2.45, 2.75) is 12.3 Å². The number of hydrogen-bond acceptors (Lipinski definition) is 7. The number of halogens is 1. The highest BCUT2D eigenvalue weighted by Gasteiger charge is 2.47. The first kappa shape index (κ1) is 21.7. The van der Waals surface area contributed by atoms with Crippen LogP contribution in [-0.2, 0) is 10.2 Å². The Labute approximate surface area is 204 Å². The summed E-state index contributed by atoms with van der Waals surface area (Å²) in [6.07, 6.45) is 5.24. The van der Waals surface area contributed by atoms with Crippen LogP contribution < -0.4 is 15.8 Å². The number of nitrogens with one attached hydrogen (secondary N) is 1. The number of methoxy groups -OCH3 is 1. The number of aromatic nitrogens is 5. The summed E-state index contributed by atoms with van der Waals surface area (Å²) in [4.78, 5) is 31.5. The number of ether oxygens (including phenoxy) is 1. The van der Waals surface area contributed by atoms with E-state index in [1.54, 1.807) is 44.8 Å². The zero-order valence-corrected chi connectivity index (χ0v) is 19.4. The lowest BCUT2D eigenvalue weighted by molar-refractivity contribution is -0.119. The number of amides is 1. The van der Waals surface area contributed by atoms with Crippen LogP contribution in [0.1, 0.15) is 18.1 Å². The third-order valence-corrected chi connectivity index (χ3v) is 6.51. The van der Waals surface area contributed by atoms with Gasteiger partial charge in [-0.3, -0.25) is 4.79 Å². The smallest absolute Gasteiger partial charge is 0.240 e. The summed E-state index contributed by atoms with van der Waals surface area (Å²) in [5.74, 6) is 0.698. The first-order chi connectivity index (χ1) is 17.4. The van der Waals surface area contributed by atoms with Crippen molar-refractivity contribution in [2.75, 3.05) is 18.2 Å². The highest BCUT2D eigenvalue weighted by atomic mass is 19.1. The Morgan fingerprint density at radius 3 is 2.53 bits per heavy atom. The molecule has 178 valence electrons. The van der Waals surface area contributed by atoms with Crippen molar-refractivity contribution in [3.05, 3.63) is 84.1 Å². The summed E-state index contributed by atoms with van der Waals surface area (Å²) >= 11 is 0. The van der Waals surface area contributed by atoms with E-state index >= 15 is 0 Å². The summed E-state index contributed by atoms with van der Waals surface area (Å²) in [6, 6.07) is 13.2. The molecular weight excluding hydrogens is 461 g/mol. The molecule has 3 N–H and O–H groups in total. The predicted molar refractivity (Wildman–Crippen MR) is 132 cm³/mol. The largest absolute Gasteiger partial charge is 0.497 e. The second-order valence-electron chi connectivity index (χ2n) is 8.60. The number of carbonyl (C=O) groups excluding carboxylic acids is 1. The van der Waals surface area contributed by atoms with Gasteiger partial charge in [0.1, 0.15) is 40.0 Å². The molecule has 36 heavy (non-hydrogen) atoms. The number of fused-ring (bicyclic) bond motifs is 2. The topological polar surface area (TPSA) is 120 Å². The van der Waals surface area contributed by atoms with E-state index in [1.165, 1.54) is 12.1 Å². The van der Waals surface area contributed by atoms with Crippen molar-refractivity contribution in [1.29, 1.82) is 0 Å². The Kier molecular flexibility index (Phi) is 4.72. The Morgan fingerprint density at radius 1 is 1.06 bits per heavy atom. The Morgan fingerprint density at radius 2 is 1.81 bits per heavy atom. The van der Waals surface area contributed by atoms with Crippen molar-refractivity contribution in [1.82, 2.24) is 24.3 Å². The molecule has 1 aliphatic heterocycles. The first-order valence-electron chi connectivity index (χ1n) is 11.1. The summed E-state index contributed by atoms with van der Waals surface area (Å²) < 4.78 is 20.6. The van der Waals surface area contributed by atoms with Gasteiger partial charge in [0.2, 0.25) is 5.91 Å². The van der Waals surface area contributed by atoms with Gasteiger partial charge in [-0.05, 0) is 48.9 Å². The fraction of sp³-hybridized carbons (Fsp3) is 0.115. The monoisotopic (exact) mass is 481 g/mol. The Balaban J connectivity index is 1.49. The van der Waals surface area contributed by atoms with Gasteiger partial charge in [0.05, 0.1) is 12.7 Å². The van der Waals surface area contributed by atoms with Gasteiger partial charge in [0.25, 0.3) is 0 Å². The lowest BCUT2D eigenvalue weighted by Gasteiger charge is -2.23. The molecule has 4 heterocycles. The average Bonchev–Trinajstić information content (AvgIpc) is 3.46. The molecule has 0 bridgehead atoms. The molecule has 5 aromatic rings. The van der Waals surface area contributed by atoms with Crippen LogP contribution in [0.2, 0.25) is 0 Å². The minimum atomic E-state index is -1.17. The van der Waals surface area contributed by atoms with Gasteiger partial charge in [-0.1, -0.05) is 12.1 Å². The molecule has 0 saturated carbocycles. The number of anilines is 2. The van der Waals surface area contributed by atoms with Gasteiger partial charge in [0.15, 0.2) is 11.5 Å². The molecule has 6 rings (SSSR count). The Hall–Kier alpha value is -4.86. The van der Waals surface area contributed by atoms with E-state index in [4.69, 9.17) is 15.5 Å². The highest BCUT2D eigenvalue weighted by molar-refractivity contribution is 6.09. The molecule has 9 nitrogen and oxygen atoms in total. The van der Waals surface area contributed by atoms with Crippen molar-refractivity contribution >= 4 is 23.2 Å². The number of nitrogens with zero attached hydrogens (tertiary/aromatic N) is 5. The highest BCUT2D eigenvalue weighted by Crippen LogP contribution is 2.45. The summed E-state index contributed by atoms with van der Waals surface area (Å²) in [5.41, 5.74) is 8.85. The number of nitrogens with two attached hydrogens (primary N) is 1. The maximum Gasteiger partial charge on any atom is 0.240 e. The summed E-state index contributed by atoms with van der Waals surface area (Å²) in [6.45, 7) is 1.72. The van der Waals surface area contributed by atoms with Gasteiger partial charge >= 0.3 is 0 Å². The molecule has 1 atom stereocenters. The lowest BCUT2D eigenvalue weighted by Crippen LogP contribution is -2.33. The number of benzene rings is 2. The van der Waals surface area contributed by atoms with E-state index in [0.717, 1.165) is 11.3 Å². The predicted octanol–water partition coefficient (Wildman–Crippen LogP) is 3.84. The number of imidazole rings is 1. The fourth-order valence-corrected chi connectivity index (χ4v) is 4.56. The van der Waals surface area contributed by atoms with Gasteiger partial charge < -0.3 is 20.2 Å². The number of rotatable bonds is 4. The van der Waals surface area contributed by atoms with E-state index < -0.39 is 11.2 Å². The van der Waals surface area contributed by atoms with E-state index in [-0.39, 0.29) is 17.5 Å². The van der Waals surface area contributed by atoms with Crippen LogP contribution in [0.4, 0.5) is 16.0 Å². The van der Waals surface area contributed by atoms with Gasteiger partial charge in [-0.2, -0.15) is 0 Å². The van der Waals surface area contributed by atoms with Crippen LogP contribution in [0.5, 0.6) is 5.75 Å². The van der Waals surface area contributed by atoms with E-state index in [2.05, 4.69) is 20.3 Å². The molecule has 0 radical (unpaired) electrons. The molecule has 0 spiro atoms. The molecular formula is C26H20FN7O2. The van der Waals surface area contributed by atoms with Crippen molar-refractivity contribution in [3.8, 4) is 28.5 Å². The van der Waals surface area contributed by atoms with Gasteiger partial charge in [-0.15, -0.1) is 0 Å². The minimum absolute atomic E-state index is 0.138. The van der Waals surface area contributed by atoms with Crippen LogP contribution >= 0.6 is 0 Å². The van der Waals surface area contributed by atoms with E-state index in [9.17, 15) is 9.18 Å². The maximum atomic E-state index is 13.5. The standard InChI is InChI=1S/C26H20FN7O2/c1-26(15-5-7-16(27)8-6-15)19-21(28)31-22(32-23(19)33-25(26)35)18-13-34-12-11-29-24(34)20(30-18)14-3-9-17(36-2)10-4-14/h3-13H,1-2H3,(H3,28,31,32,33,35). The molecule has 1 aliphatic rings. The Bertz CT molecular complexity index is 1650. The molecule has 0 aliphatic carbocycles. The fourth-order valence-electron chi connectivity index (χ4n) is 4.56. The van der Waals surface area contributed by atoms with Crippen LogP contribution in [0.3, 0.4) is 0 Å². The van der Waals surface area contributed by atoms with E-state index in [0.29, 0.717) is 34.0 Å². The maximum absolute atomic E-state index is 13.5. The third kappa shape index (κ3) is 3.18. The first-order valence-corrected chi connectivity index (χ1v) is 11.1. The molecule has 0 saturated heterocycles. The molecule has 2 aromatic carbocycles. The molecule has 10 heteroatoms. The molecule has 1 unspecified atom stereocenters. The number of nitrogen functional groups attached to an aromatic ring is 1. The van der Waals surface area contributed by atoms with Gasteiger partial charge in [0, 0.05) is 24.2 Å². The van der Waals surface area contributed by atoms with Gasteiger partial charge in [-0.25, -0.2) is 24.3 Å².